The van der Waals surface area contributed by atoms with Crippen LogP contribution >= 0.6 is 15.9 Å². The van der Waals surface area contributed by atoms with E-state index in [1.165, 1.54) is 5.56 Å². The molecular weight excluding hydrogens is 304 g/mol. The van der Waals surface area contributed by atoms with E-state index in [9.17, 15) is 0 Å². The maximum Gasteiger partial charge on any atom is 0.122 e. The Hall–Kier alpha value is -0.580. The molecule has 0 heterocycles. The van der Waals surface area contributed by atoms with Gasteiger partial charge >= 0.3 is 0 Å². The summed E-state index contributed by atoms with van der Waals surface area (Å²) < 4.78 is 6.50. The Bertz CT molecular complexity index is 382. The maximum absolute atomic E-state index is 5.39. The molecule has 1 rings (SSSR count). The fraction of sp³-hybridized carbons (Fsp3) is 0.600. The van der Waals surface area contributed by atoms with Gasteiger partial charge in [0, 0.05) is 30.1 Å². The predicted octanol–water partition coefficient (Wildman–Crippen LogP) is 2.93. The van der Waals surface area contributed by atoms with Crippen LogP contribution in [0.4, 0.5) is 0 Å². The molecule has 0 saturated heterocycles. The van der Waals surface area contributed by atoms with Gasteiger partial charge in [0.25, 0.3) is 0 Å². The van der Waals surface area contributed by atoms with Crippen molar-refractivity contribution in [3.63, 3.8) is 0 Å². The molecule has 0 saturated carbocycles. The zero-order chi connectivity index (χ0) is 14.3. The van der Waals surface area contributed by atoms with Crippen molar-refractivity contribution in [1.29, 1.82) is 0 Å². The van der Waals surface area contributed by atoms with Gasteiger partial charge in [-0.3, -0.25) is 0 Å². The fourth-order valence-electron chi connectivity index (χ4n) is 1.91. The van der Waals surface area contributed by atoms with Crippen molar-refractivity contribution in [2.24, 2.45) is 0 Å². The second kappa shape index (κ2) is 8.56. The van der Waals surface area contributed by atoms with Gasteiger partial charge in [-0.05, 0) is 37.2 Å². The van der Waals surface area contributed by atoms with Crippen LogP contribution in [0.25, 0.3) is 0 Å². The van der Waals surface area contributed by atoms with Gasteiger partial charge in [-0.2, -0.15) is 0 Å². The summed E-state index contributed by atoms with van der Waals surface area (Å²) in [6.07, 6.45) is 1.00. The summed E-state index contributed by atoms with van der Waals surface area (Å²) in [6.45, 7) is 7.48. The molecule has 1 aromatic rings. The monoisotopic (exact) mass is 328 g/mol. The average Bonchev–Trinajstić information content (AvgIpc) is 2.36. The van der Waals surface area contributed by atoms with E-state index in [-0.39, 0.29) is 0 Å². The first kappa shape index (κ1) is 16.5. The summed E-state index contributed by atoms with van der Waals surface area (Å²) in [7, 11) is 3.88. The van der Waals surface area contributed by atoms with E-state index < -0.39 is 0 Å². The van der Waals surface area contributed by atoms with Gasteiger partial charge in [-0.15, -0.1) is 0 Å². The third-order valence-electron chi connectivity index (χ3n) is 3.05. The summed E-state index contributed by atoms with van der Waals surface area (Å²) in [5, 5.41) is 3.43. The molecule has 19 heavy (non-hydrogen) atoms. The molecule has 0 radical (unpaired) electrons. The van der Waals surface area contributed by atoms with Crippen molar-refractivity contribution in [1.82, 2.24) is 10.2 Å². The molecule has 0 atom stereocenters. The predicted molar refractivity (Wildman–Crippen MR) is 85.0 cm³/mol. The Kier molecular flexibility index (Phi) is 7.42. The van der Waals surface area contributed by atoms with Gasteiger partial charge in [0.05, 0.1) is 7.11 Å². The topological polar surface area (TPSA) is 24.5 Å². The zero-order valence-corrected chi connectivity index (χ0v) is 14.0. The first-order chi connectivity index (χ1) is 9.02. The van der Waals surface area contributed by atoms with Gasteiger partial charge in [0.1, 0.15) is 5.75 Å². The van der Waals surface area contributed by atoms with Crippen LogP contribution in [0.1, 0.15) is 19.4 Å². The van der Waals surface area contributed by atoms with Crippen LogP contribution in [-0.4, -0.2) is 44.7 Å². The lowest BCUT2D eigenvalue weighted by Gasteiger charge is -2.18. The fourth-order valence-corrected chi connectivity index (χ4v) is 2.32. The molecular formula is C15H25BrN2O. The number of hydrogen-bond donors (Lipinski definition) is 1. The average molecular weight is 329 g/mol. The standard InChI is InChI=1S/C15H25BrN2O/c1-12(2)17-8-10-18(3)9-7-13-11-14(16)5-6-15(13)19-4/h5-6,11-12,17H,7-10H2,1-4H3. The Morgan fingerprint density at radius 2 is 2.05 bits per heavy atom. The molecule has 0 bridgehead atoms. The number of benzene rings is 1. The normalized spacial score (nSPS) is 11.3. The third kappa shape index (κ3) is 6.41. The van der Waals surface area contributed by atoms with Gasteiger partial charge in [0.15, 0.2) is 0 Å². The maximum atomic E-state index is 5.39. The van der Waals surface area contributed by atoms with E-state index in [0.717, 1.165) is 36.3 Å². The van der Waals surface area contributed by atoms with E-state index in [1.807, 2.05) is 12.1 Å². The van der Waals surface area contributed by atoms with E-state index in [1.54, 1.807) is 7.11 Å². The van der Waals surface area contributed by atoms with E-state index >= 15 is 0 Å². The first-order valence-corrected chi connectivity index (χ1v) is 7.56. The summed E-state index contributed by atoms with van der Waals surface area (Å²) in [5.41, 5.74) is 1.25. The summed E-state index contributed by atoms with van der Waals surface area (Å²) in [5.74, 6) is 0.969. The first-order valence-electron chi connectivity index (χ1n) is 6.77. The second-order valence-electron chi connectivity index (χ2n) is 5.12. The number of hydrogen-bond acceptors (Lipinski definition) is 3. The van der Waals surface area contributed by atoms with Crippen LogP contribution in [0.3, 0.4) is 0 Å². The second-order valence-corrected chi connectivity index (χ2v) is 6.03. The number of methoxy groups -OCH3 is 1. The number of nitrogens with one attached hydrogen (secondary N) is 1. The van der Waals surface area contributed by atoms with Crippen LogP contribution in [-0.2, 0) is 6.42 Å². The summed E-state index contributed by atoms with van der Waals surface area (Å²) >= 11 is 3.51. The van der Waals surface area contributed by atoms with E-state index in [2.05, 4.69) is 53.1 Å². The summed E-state index contributed by atoms with van der Waals surface area (Å²) in [4.78, 5) is 2.34. The van der Waals surface area contributed by atoms with Gasteiger partial charge in [-0.25, -0.2) is 0 Å². The minimum atomic E-state index is 0.554. The smallest absolute Gasteiger partial charge is 0.122 e. The lowest BCUT2D eigenvalue weighted by molar-refractivity contribution is 0.328. The Balaban J connectivity index is 2.41. The molecule has 0 amide bonds. The van der Waals surface area contributed by atoms with Crippen LogP contribution in [0.5, 0.6) is 5.75 Å². The molecule has 0 aliphatic carbocycles. The molecule has 0 aliphatic heterocycles. The SMILES string of the molecule is COc1ccc(Br)cc1CCN(C)CCNC(C)C. The Morgan fingerprint density at radius 1 is 1.32 bits per heavy atom. The van der Waals surface area contributed by atoms with Gasteiger partial charge in [-0.1, -0.05) is 29.8 Å². The highest BCUT2D eigenvalue weighted by atomic mass is 79.9. The minimum Gasteiger partial charge on any atom is -0.496 e. The molecule has 3 nitrogen and oxygen atoms in total. The van der Waals surface area contributed by atoms with Crippen molar-refractivity contribution in [2.75, 3.05) is 33.8 Å². The van der Waals surface area contributed by atoms with Crippen molar-refractivity contribution >= 4 is 15.9 Å². The number of halogens is 1. The largest absolute Gasteiger partial charge is 0.496 e. The molecule has 0 fully saturated rings. The quantitative estimate of drug-likeness (QED) is 0.794. The number of likely N-dealkylation sites (N-methyl/N-ethyl adjacent to an activating group) is 1. The van der Waals surface area contributed by atoms with Crippen LogP contribution in [0.15, 0.2) is 22.7 Å². The number of nitrogens with zero attached hydrogens (tertiary/aromatic N) is 1. The molecule has 108 valence electrons. The molecule has 4 heteroatoms. The minimum absolute atomic E-state index is 0.554. The van der Waals surface area contributed by atoms with Gasteiger partial charge < -0.3 is 15.0 Å². The van der Waals surface area contributed by atoms with Crippen LogP contribution < -0.4 is 10.1 Å². The highest BCUT2D eigenvalue weighted by molar-refractivity contribution is 9.10. The lowest BCUT2D eigenvalue weighted by Crippen LogP contribution is -2.33. The third-order valence-corrected chi connectivity index (χ3v) is 3.54. The lowest BCUT2D eigenvalue weighted by atomic mass is 10.1. The Morgan fingerprint density at radius 3 is 2.68 bits per heavy atom. The van der Waals surface area contributed by atoms with E-state index in [0.29, 0.717) is 6.04 Å². The number of ether oxygens (including phenoxy) is 1. The van der Waals surface area contributed by atoms with Crippen molar-refractivity contribution in [3.8, 4) is 5.75 Å². The molecule has 1 N–H and O–H groups in total. The van der Waals surface area contributed by atoms with Crippen molar-refractivity contribution in [2.45, 2.75) is 26.3 Å². The zero-order valence-electron chi connectivity index (χ0n) is 12.4. The molecule has 0 spiro atoms. The van der Waals surface area contributed by atoms with Crippen molar-refractivity contribution < 1.29 is 4.74 Å². The molecule has 0 unspecified atom stereocenters. The Labute approximate surface area is 125 Å². The molecule has 0 aromatic heterocycles. The van der Waals surface area contributed by atoms with Crippen molar-refractivity contribution in [3.05, 3.63) is 28.2 Å². The molecule has 0 aliphatic rings. The van der Waals surface area contributed by atoms with Gasteiger partial charge in [0.2, 0.25) is 0 Å². The van der Waals surface area contributed by atoms with E-state index in [4.69, 9.17) is 4.74 Å². The highest BCUT2D eigenvalue weighted by Gasteiger charge is 2.06. The van der Waals surface area contributed by atoms with Crippen LogP contribution in [0, 0.1) is 0 Å². The van der Waals surface area contributed by atoms with Crippen LogP contribution in [0.2, 0.25) is 0 Å². The number of rotatable bonds is 8. The summed E-state index contributed by atoms with van der Waals surface area (Å²) in [6, 6.07) is 6.72. The molecule has 1 aromatic carbocycles. The highest BCUT2D eigenvalue weighted by Crippen LogP contribution is 2.23.